The number of thiophene rings is 1. The molecule has 15 aromatic rings. The molecule has 5 nitrogen and oxygen atoms in total. The molecule has 5 heterocycles. The van der Waals surface area contributed by atoms with Crippen LogP contribution in [0, 0.1) is 0 Å². The van der Waals surface area contributed by atoms with E-state index in [0.29, 0.717) is 5.95 Å². The van der Waals surface area contributed by atoms with E-state index in [-0.39, 0.29) is 0 Å². The molecule has 0 radical (unpaired) electrons. The Balaban J connectivity index is 1.02. The molecule has 6 heteroatoms. The maximum Gasteiger partial charge on any atom is 0.235 e. The van der Waals surface area contributed by atoms with Crippen LogP contribution in [0.25, 0.3) is 142 Å². The second-order valence-corrected chi connectivity index (χ2v) is 18.7. The second kappa shape index (κ2) is 14.3. The van der Waals surface area contributed by atoms with E-state index in [9.17, 15) is 0 Å². The summed E-state index contributed by atoms with van der Waals surface area (Å²) in [6.45, 7) is 0. The van der Waals surface area contributed by atoms with Gasteiger partial charge < -0.3 is 8.98 Å². The minimum Gasteiger partial charge on any atom is -0.456 e. The molecule has 10 aromatic carbocycles. The van der Waals surface area contributed by atoms with Crippen molar-refractivity contribution in [2.75, 3.05) is 0 Å². The minimum atomic E-state index is 0.646. The van der Waals surface area contributed by atoms with E-state index in [1.54, 1.807) is 11.3 Å². The summed E-state index contributed by atoms with van der Waals surface area (Å²) in [5.41, 5.74) is 13.7. The highest BCUT2D eigenvalue weighted by atomic mass is 32.1. The largest absolute Gasteiger partial charge is 0.456 e. The van der Waals surface area contributed by atoms with Crippen molar-refractivity contribution >= 4 is 109 Å². The third-order valence-corrected chi connectivity index (χ3v) is 15.1. The molecular weight excluding hydrogens is 849 g/mol. The van der Waals surface area contributed by atoms with Gasteiger partial charge in [0, 0.05) is 54.0 Å². The SMILES string of the molecule is c1ccc(-c2cc3nc(-n4c5ccc(-c6cccc7c8c9ccccc9ccc8n(-c8ccc9oc%10ccccc%10c9c8)c67)cc5c5c6ccccc6ccc54)nc(-c4ccccc4)c3s2)cc1. The molecule has 5 aromatic heterocycles. The van der Waals surface area contributed by atoms with Crippen LogP contribution in [0.2, 0.25) is 0 Å². The topological polar surface area (TPSA) is 48.8 Å². The predicted octanol–water partition coefficient (Wildman–Crippen LogP) is 17.1. The Kier molecular flexibility index (Phi) is 7.88. The van der Waals surface area contributed by atoms with Crippen LogP contribution < -0.4 is 0 Å². The predicted molar refractivity (Wildman–Crippen MR) is 285 cm³/mol. The maximum atomic E-state index is 6.34. The molecule has 0 atom stereocenters. The lowest BCUT2D eigenvalue weighted by molar-refractivity contribution is 0.669. The van der Waals surface area contributed by atoms with Gasteiger partial charge in [-0.15, -0.1) is 11.3 Å². The Labute approximate surface area is 393 Å². The molecule has 316 valence electrons. The van der Waals surface area contributed by atoms with E-state index in [1.165, 1.54) is 48.1 Å². The van der Waals surface area contributed by atoms with Gasteiger partial charge in [0.15, 0.2) is 0 Å². The normalized spacial score (nSPS) is 12.1. The quantitative estimate of drug-likeness (QED) is 0.173. The summed E-state index contributed by atoms with van der Waals surface area (Å²) >= 11 is 1.75. The average Bonchev–Trinajstić information content (AvgIpc) is 4.18. The van der Waals surface area contributed by atoms with Crippen molar-refractivity contribution in [2.45, 2.75) is 0 Å². The summed E-state index contributed by atoms with van der Waals surface area (Å²) in [7, 11) is 0. The minimum absolute atomic E-state index is 0.646. The number of nitrogens with zero attached hydrogens (tertiary/aromatic N) is 4. The van der Waals surface area contributed by atoms with Gasteiger partial charge in [-0.2, -0.15) is 0 Å². The molecular formula is C62H36N4OS. The van der Waals surface area contributed by atoms with Crippen LogP contribution in [0.3, 0.4) is 0 Å². The molecule has 0 aliphatic carbocycles. The van der Waals surface area contributed by atoms with Crippen molar-refractivity contribution in [2.24, 2.45) is 0 Å². The van der Waals surface area contributed by atoms with Crippen molar-refractivity contribution in [3.63, 3.8) is 0 Å². The lowest BCUT2D eigenvalue weighted by atomic mass is 9.97. The van der Waals surface area contributed by atoms with E-state index in [1.807, 2.05) is 12.1 Å². The first-order valence-electron chi connectivity index (χ1n) is 23.0. The van der Waals surface area contributed by atoms with E-state index >= 15 is 0 Å². The fourth-order valence-electron chi connectivity index (χ4n) is 10.9. The highest BCUT2D eigenvalue weighted by Crippen LogP contribution is 2.45. The van der Waals surface area contributed by atoms with E-state index in [2.05, 4.69) is 215 Å². The third-order valence-electron chi connectivity index (χ3n) is 13.9. The average molecular weight is 885 g/mol. The second-order valence-electron chi connectivity index (χ2n) is 17.7. The standard InChI is InChI=1S/C62H36N4OS/c1-3-16-39(17-4-1)56-36-50-61(68-56)59(40-18-5-2-6-19-40)64-62(63-50)66-51-30-28-41(34-49(51)58-44-21-10-8-15-38(44)27-32-53(58)66)45-23-13-24-47-57-43-20-9-7-14-37(43)26-31-52(57)65(60(45)47)42-29-33-55-48(35-42)46-22-11-12-25-54(46)67-55/h1-36H. The molecule has 0 spiro atoms. The molecule has 0 saturated heterocycles. The monoisotopic (exact) mass is 884 g/mol. The molecule has 0 saturated carbocycles. The van der Waals surface area contributed by atoms with E-state index in [4.69, 9.17) is 14.4 Å². The summed E-state index contributed by atoms with van der Waals surface area (Å²) in [6, 6.07) is 78.5. The zero-order valence-electron chi connectivity index (χ0n) is 36.4. The van der Waals surface area contributed by atoms with Gasteiger partial charge in [-0.05, 0) is 87.3 Å². The Bertz CT molecular complexity index is 4560. The van der Waals surface area contributed by atoms with Crippen LogP contribution in [-0.2, 0) is 0 Å². The van der Waals surface area contributed by atoms with Crippen molar-refractivity contribution in [1.29, 1.82) is 0 Å². The zero-order valence-corrected chi connectivity index (χ0v) is 37.2. The summed E-state index contributed by atoms with van der Waals surface area (Å²) in [5, 5.41) is 11.8. The zero-order chi connectivity index (χ0) is 44.5. The van der Waals surface area contributed by atoms with Crippen LogP contribution in [0.5, 0.6) is 0 Å². The molecule has 0 aliphatic heterocycles. The van der Waals surface area contributed by atoms with Gasteiger partial charge in [-0.1, -0.05) is 164 Å². The Morgan fingerprint density at radius 1 is 0.397 bits per heavy atom. The van der Waals surface area contributed by atoms with Gasteiger partial charge in [0.25, 0.3) is 0 Å². The molecule has 15 rings (SSSR count). The van der Waals surface area contributed by atoms with Gasteiger partial charge in [-0.25, -0.2) is 9.97 Å². The van der Waals surface area contributed by atoms with Crippen molar-refractivity contribution in [3.8, 4) is 44.5 Å². The Morgan fingerprint density at radius 2 is 1.03 bits per heavy atom. The van der Waals surface area contributed by atoms with Crippen LogP contribution in [0.15, 0.2) is 223 Å². The number of benzene rings is 10. The number of furan rings is 1. The fraction of sp³-hybridized carbons (Fsp3) is 0. The lowest BCUT2D eigenvalue weighted by Crippen LogP contribution is -2.02. The highest BCUT2D eigenvalue weighted by Gasteiger charge is 2.24. The van der Waals surface area contributed by atoms with E-state index in [0.717, 1.165) is 87.7 Å². The van der Waals surface area contributed by atoms with Crippen LogP contribution >= 0.6 is 11.3 Å². The number of hydrogen-bond acceptors (Lipinski definition) is 4. The first kappa shape index (κ1) is 37.4. The number of hydrogen-bond donors (Lipinski definition) is 0. The molecule has 0 amide bonds. The number of aromatic nitrogens is 4. The van der Waals surface area contributed by atoms with Gasteiger partial charge in [0.05, 0.1) is 38.0 Å². The molecule has 0 bridgehead atoms. The third kappa shape index (κ3) is 5.43. The molecule has 0 N–H and O–H groups in total. The van der Waals surface area contributed by atoms with Gasteiger partial charge in [0.1, 0.15) is 11.2 Å². The summed E-state index contributed by atoms with van der Waals surface area (Å²) in [5.74, 6) is 0.646. The smallest absolute Gasteiger partial charge is 0.235 e. The number of fused-ring (bicyclic) bond motifs is 14. The van der Waals surface area contributed by atoms with Crippen molar-refractivity contribution in [1.82, 2.24) is 19.1 Å². The Hall–Kier alpha value is -8.84. The summed E-state index contributed by atoms with van der Waals surface area (Å²) in [4.78, 5) is 12.1. The lowest BCUT2D eigenvalue weighted by Gasteiger charge is -2.13. The van der Waals surface area contributed by atoms with Crippen molar-refractivity contribution < 1.29 is 4.42 Å². The summed E-state index contributed by atoms with van der Waals surface area (Å²) in [6.07, 6.45) is 0. The van der Waals surface area contributed by atoms with Crippen molar-refractivity contribution in [3.05, 3.63) is 218 Å². The number of para-hydroxylation sites is 2. The first-order valence-corrected chi connectivity index (χ1v) is 23.8. The molecule has 0 fully saturated rings. The maximum absolute atomic E-state index is 6.34. The highest BCUT2D eigenvalue weighted by molar-refractivity contribution is 7.22. The summed E-state index contributed by atoms with van der Waals surface area (Å²) < 4.78 is 12.2. The first-order chi connectivity index (χ1) is 33.7. The van der Waals surface area contributed by atoms with Crippen LogP contribution in [-0.4, -0.2) is 19.1 Å². The van der Waals surface area contributed by atoms with E-state index < -0.39 is 0 Å². The van der Waals surface area contributed by atoms with Gasteiger partial charge in [0.2, 0.25) is 5.95 Å². The molecule has 68 heavy (non-hydrogen) atoms. The molecule has 0 unspecified atom stereocenters. The van der Waals surface area contributed by atoms with Crippen LogP contribution in [0.4, 0.5) is 0 Å². The fourth-order valence-corrected chi connectivity index (χ4v) is 12.0. The van der Waals surface area contributed by atoms with Gasteiger partial charge in [-0.3, -0.25) is 4.57 Å². The molecule has 0 aliphatic rings. The van der Waals surface area contributed by atoms with Crippen LogP contribution in [0.1, 0.15) is 0 Å². The number of rotatable bonds is 5. The Morgan fingerprint density at radius 3 is 1.81 bits per heavy atom. The van der Waals surface area contributed by atoms with Gasteiger partial charge >= 0.3 is 0 Å².